The van der Waals surface area contributed by atoms with Gasteiger partial charge in [-0.15, -0.1) is 0 Å². The zero-order chi connectivity index (χ0) is 12.1. The van der Waals surface area contributed by atoms with E-state index in [1.165, 1.54) is 0 Å². The van der Waals surface area contributed by atoms with Crippen molar-refractivity contribution in [1.82, 2.24) is 15.1 Å². The summed E-state index contributed by atoms with van der Waals surface area (Å²) >= 11 is 0. The van der Waals surface area contributed by atoms with Gasteiger partial charge in [0.25, 0.3) is 0 Å². The summed E-state index contributed by atoms with van der Waals surface area (Å²) in [5.74, 6) is 0.522. The molecular formula is C12H15N5. The maximum Gasteiger partial charge on any atom is 0.127 e. The van der Waals surface area contributed by atoms with Crippen LogP contribution in [0, 0.1) is 0 Å². The summed E-state index contributed by atoms with van der Waals surface area (Å²) in [5, 5.41) is 7.10. The van der Waals surface area contributed by atoms with Crippen molar-refractivity contribution in [2.24, 2.45) is 10.7 Å². The summed E-state index contributed by atoms with van der Waals surface area (Å²) in [7, 11) is 1.83. The van der Waals surface area contributed by atoms with Gasteiger partial charge in [-0.25, -0.2) is 4.68 Å². The Morgan fingerprint density at radius 1 is 1.47 bits per heavy atom. The van der Waals surface area contributed by atoms with E-state index in [2.05, 4.69) is 15.4 Å². The number of nitrogens with two attached hydrogens (primary N) is 1. The molecule has 0 unspecified atom stereocenters. The number of hydrogen-bond donors (Lipinski definition) is 2. The Morgan fingerprint density at radius 2 is 2.35 bits per heavy atom. The number of nitrogens with one attached hydrogen (secondary N) is 1. The molecule has 0 bridgehead atoms. The van der Waals surface area contributed by atoms with Crippen molar-refractivity contribution in [3.8, 4) is 5.69 Å². The summed E-state index contributed by atoms with van der Waals surface area (Å²) in [6, 6.07) is 9.68. The predicted octanol–water partition coefficient (Wildman–Crippen LogP) is 0.754. The Morgan fingerprint density at radius 3 is 3.06 bits per heavy atom. The lowest BCUT2D eigenvalue weighted by molar-refractivity contribution is 0.833. The highest BCUT2D eigenvalue weighted by molar-refractivity contribution is 5.97. The first kappa shape index (κ1) is 11.3. The molecule has 1 aromatic heterocycles. The molecule has 5 heteroatoms. The van der Waals surface area contributed by atoms with Crippen LogP contribution in [0.2, 0.25) is 0 Å². The first-order valence-corrected chi connectivity index (χ1v) is 5.36. The molecule has 1 heterocycles. The number of aromatic nitrogens is 2. The van der Waals surface area contributed by atoms with Gasteiger partial charge in [0.15, 0.2) is 0 Å². The van der Waals surface area contributed by atoms with Gasteiger partial charge in [0.1, 0.15) is 5.84 Å². The van der Waals surface area contributed by atoms with Gasteiger partial charge in [-0.05, 0) is 25.2 Å². The van der Waals surface area contributed by atoms with Gasteiger partial charge in [0.2, 0.25) is 0 Å². The fourth-order valence-electron chi connectivity index (χ4n) is 1.48. The number of nitrogens with zero attached hydrogens (tertiary/aromatic N) is 3. The highest BCUT2D eigenvalue weighted by Crippen LogP contribution is 2.09. The Labute approximate surface area is 100.0 Å². The molecule has 0 aliphatic heterocycles. The number of benzene rings is 1. The predicted molar refractivity (Wildman–Crippen MR) is 68.2 cm³/mol. The zero-order valence-corrected chi connectivity index (χ0v) is 9.67. The molecule has 0 radical (unpaired) electrons. The zero-order valence-electron chi connectivity index (χ0n) is 9.67. The Kier molecular flexibility index (Phi) is 3.52. The molecule has 0 aliphatic carbocycles. The van der Waals surface area contributed by atoms with Crippen LogP contribution in [0.4, 0.5) is 0 Å². The van der Waals surface area contributed by atoms with E-state index in [0.717, 1.165) is 11.3 Å². The summed E-state index contributed by atoms with van der Waals surface area (Å²) in [5.41, 5.74) is 7.75. The lowest BCUT2D eigenvalue weighted by Crippen LogP contribution is -2.17. The average molecular weight is 229 g/mol. The number of hydrogen-bond acceptors (Lipinski definition) is 3. The van der Waals surface area contributed by atoms with Gasteiger partial charge < -0.3 is 11.1 Å². The van der Waals surface area contributed by atoms with E-state index in [1.54, 1.807) is 10.9 Å². The fourth-order valence-corrected chi connectivity index (χ4v) is 1.48. The van der Waals surface area contributed by atoms with Crippen molar-refractivity contribution in [3.05, 3.63) is 48.3 Å². The van der Waals surface area contributed by atoms with Crippen LogP contribution in [-0.4, -0.2) is 29.3 Å². The van der Waals surface area contributed by atoms with Gasteiger partial charge in [-0.3, -0.25) is 4.99 Å². The third kappa shape index (κ3) is 2.70. The molecule has 0 saturated carbocycles. The van der Waals surface area contributed by atoms with Gasteiger partial charge in [0, 0.05) is 18.0 Å². The Balaban J connectivity index is 2.29. The quantitative estimate of drug-likeness (QED) is 0.600. The van der Waals surface area contributed by atoms with E-state index in [-0.39, 0.29) is 0 Å². The summed E-state index contributed by atoms with van der Waals surface area (Å²) < 4.78 is 1.79. The highest BCUT2D eigenvalue weighted by atomic mass is 15.3. The molecule has 2 rings (SSSR count). The molecule has 3 N–H and O–H groups in total. The third-order valence-corrected chi connectivity index (χ3v) is 2.32. The van der Waals surface area contributed by atoms with E-state index < -0.39 is 0 Å². The van der Waals surface area contributed by atoms with Crippen LogP contribution in [0.15, 0.2) is 47.7 Å². The van der Waals surface area contributed by atoms with Crippen molar-refractivity contribution in [3.63, 3.8) is 0 Å². The minimum Gasteiger partial charge on any atom is -0.383 e. The van der Waals surface area contributed by atoms with Gasteiger partial charge >= 0.3 is 0 Å². The molecule has 0 amide bonds. The molecule has 1 aromatic carbocycles. The molecule has 0 saturated heterocycles. The number of rotatable bonds is 4. The molecule has 17 heavy (non-hydrogen) atoms. The largest absolute Gasteiger partial charge is 0.383 e. The lowest BCUT2D eigenvalue weighted by Gasteiger charge is -2.05. The minimum absolute atomic E-state index is 0.512. The topological polar surface area (TPSA) is 68.2 Å². The van der Waals surface area contributed by atoms with Crippen LogP contribution in [-0.2, 0) is 0 Å². The van der Waals surface area contributed by atoms with Crippen molar-refractivity contribution in [2.75, 3.05) is 13.7 Å². The van der Waals surface area contributed by atoms with Crippen LogP contribution in [0.1, 0.15) is 5.56 Å². The van der Waals surface area contributed by atoms with Crippen molar-refractivity contribution in [1.29, 1.82) is 0 Å². The maximum absolute atomic E-state index is 5.88. The fraction of sp³-hybridized carbons (Fsp3) is 0.167. The van der Waals surface area contributed by atoms with Crippen LogP contribution in [0.25, 0.3) is 5.69 Å². The molecule has 5 nitrogen and oxygen atoms in total. The average Bonchev–Trinajstić information content (AvgIpc) is 2.90. The van der Waals surface area contributed by atoms with Gasteiger partial charge in [0.05, 0.1) is 12.4 Å². The second kappa shape index (κ2) is 5.27. The SMILES string of the molecule is CNC/N=C(\N)c1cccc(-n2cccn2)c1. The number of aliphatic imine (C=N–C) groups is 1. The molecule has 0 aliphatic rings. The molecular weight excluding hydrogens is 214 g/mol. The van der Waals surface area contributed by atoms with Gasteiger partial charge in [-0.2, -0.15) is 5.10 Å². The van der Waals surface area contributed by atoms with Crippen molar-refractivity contribution in [2.45, 2.75) is 0 Å². The van der Waals surface area contributed by atoms with E-state index in [4.69, 9.17) is 5.73 Å². The van der Waals surface area contributed by atoms with Crippen LogP contribution < -0.4 is 11.1 Å². The molecule has 88 valence electrons. The van der Waals surface area contributed by atoms with Gasteiger partial charge in [-0.1, -0.05) is 12.1 Å². The first-order valence-electron chi connectivity index (χ1n) is 5.36. The second-order valence-corrected chi connectivity index (χ2v) is 3.56. The van der Waals surface area contributed by atoms with Crippen LogP contribution >= 0.6 is 0 Å². The van der Waals surface area contributed by atoms with Crippen molar-refractivity contribution >= 4 is 5.84 Å². The van der Waals surface area contributed by atoms with Crippen LogP contribution in [0.5, 0.6) is 0 Å². The summed E-state index contributed by atoms with van der Waals surface area (Å²) in [6.07, 6.45) is 3.63. The van der Waals surface area contributed by atoms with E-state index in [1.807, 2.05) is 43.6 Å². The maximum atomic E-state index is 5.88. The standard InChI is InChI=1S/C12H15N5/c1-14-9-15-12(13)10-4-2-5-11(8-10)17-7-3-6-16-17/h2-8,14H,9H2,1H3,(H2,13,15). The number of amidine groups is 1. The minimum atomic E-state index is 0.512. The molecule has 0 fully saturated rings. The van der Waals surface area contributed by atoms with E-state index >= 15 is 0 Å². The normalized spacial score (nSPS) is 11.7. The molecule has 0 spiro atoms. The van der Waals surface area contributed by atoms with Crippen molar-refractivity contribution < 1.29 is 0 Å². The first-order chi connectivity index (χ1) is 8.31. The smallest absolute Gasteiger partial charge is 0.127 e. The monoisotopic (exact) mass is 229 g/mol. The third-order valence-electron chi connectivity index (χ3n) is 2.32. The molecule has 2 aromatic rings. The summed E-state index contributed by atoms with van der Waals surface area (Å²) in [4.78, 5) is 4.19. The Hall–Kier alpha value is -2.14. The summed E-state index contributed by atoms with van der Waals surface area (Å²) in [6.45, 7) is 0.512. The lowest BCUT2D eigenvalue weighted by atomic mass is 10.2. The molecule has 0 atom stereocenters. The van der Waals surface area contributed by atoms with E-state index in [9.17, 15) is 0 Å². The second-order valence-electron chi connectivity index (χ2n) is 3.56. The highest BCUT2D eigenvalue weighted by Gasteiger charge is 2.01. The van der Waals surface area contributed by atoms with E-state index in [0.29, 0.717) is 12.5 Å². The van der Waals surface area contributed by atoms with Crippen LogP contribution in [0.3, 0.4) is 0 Å². The Bertz CT molecular complexity index is 501.